The third-order valence-corrected chi connectivity index (χ3v) is 8.59. The van der Waals surface area contributed by atoms with E-state index in [1.165, 1.54) is 17.4 Å². The Morgan fingerprint density at radius 3 is 2.71 bits per heavy atom. The second kappa shape index (κ2) is 10.1. The number of halogens is 1. The fourth-order valence-electron chi connectivity index (χ4n) is 4.82. The number of hydrogen-bond donors (Lipinski definition) is 0. The summed E-state index contributed by atoms with van der Waals surface area (Å²) in [6.07, 6.45) is 4.10. The molecule has 0 spiro atoms. The van der Waals surface area contributed by atoms with Gasteiger partial charge in [0.05, 0.1) is 36.5 Å². The zero-order valence-corrected chi connectivity index (χ0v) is 22.6. The zero-order chi connectivity index (χ0) is 23.8. The SMILES string of the molecule is Cc1cc(/C=C2\SC(=S)N(C[C@H]3CCCO3)C2=O)c(C)n1-c1ccc(N2CCOCC2)c(Br)c1. The van der Waals surface area contributed by atoms with Crippen LogP contribution in [-0.2, 0) is 14.3 Å². The molecule has 180 valence electrons. The molecule has 3 fully saturated rings. The molecule has 1 aromatic carbocycles. The molecule has 0 aliphatic carbocycles. The summed E-state index contributed by atoms with van der Waals surface area (Å²) in [7, 11) is 0. The van der Waals surface area contributed by atoms with Gasteiger partial charge in [-0.25, -0.2) is 0 Å². The van der Waals surface area contributed by atoms with E-state index in [-0.39, 0.29) is 12.0 Å². The summed E-state index contributed by atoms with van der Waals surface area (Å²) >= 11 is 10.7. The predicted octanol–water partition coefficient (Wildman–Crippen LogP) is 5.07. The third kappa shape index (κ3) is 4.73. The number of benzene rings is 1. The van der Waals surface area contributed by atoms with Crippen molar-refractivity contribution >= 4 is 61.9 Å². The van der Waals surface area contributed by atoms with Crippen LogP contribution in [0.1, 0.15) is 29.8 Å². The maximum atomic E-state index is 13.1. The maximum Gasteiger partial charge on any atom is 0.266 e. The number of anilines is 1. The molecule has 1 amide bonds. The first-order chi connectivity index (χ1) is 16.4. The lowest BCUT2D eigenvalue weighted by Gasteiger charge is -2.30. The number of aryl methyl sites for hydroxylation is 1. The molecule has 9 heteroatoms. The summed E-state index contributed by atoms with van der Waals surface area (Å²) in [6, 6.07) is 8.61. The molecule has 0 N–H and O–H groups in total. The van der Waals surface area contributed by atoms with Crippen molar-refractivity contribution in [3.05, 3.63) is 50.6 Å². The van der Waals surface area contributed by atoms with Gasteiger partial charge in [0.25, 0.3) is 5.91 Å². The fraction of sp³-hybridized carbons (Fsp3) is 0.440. The highest BCUT2D eigenvalue weighted by atomic mass is 79.9. The summed E-state index contributed by atoms with van der Waals surface area (Å²) in [5.74, 6) is -0.0205. The topological polar surface area (TPSA) is 46.9 Å². The van der Waals surface area contributed by atoms with E-state index in [1.54, 1.807) is 4.90 Å². The van der Waals surface area contributed by atoms with Crippen molar-refractivity contribution in [1.29, 1.82) is 0 Å². The third-order valence-electron chi connectivity index (χ3n) is 6.58. The normalized spacial score (nSPS) is 22.4. The Bertz CT molecular complexity index is 1150. The molecule has 0 radical (unpaired) electrons. The first kappa shape index (κ1) is 24.1. The van der Waals surface area contributed by atoms with E-state index >= 15 is 0 Å². The Kier molecular flexibility index (Phi) is 7.18. The number of amides is 1. The van der Waals surface area contributed by atoms with Gasteiger partial charge in [0.2, 0.25) is 0 Å². The Labute approximate surface area is 218 Å². The van der Waals surface area contributed by atoms with Crippen molar-refractivity contribution in [1.82, 2.24) is 9.47 Å². The average Bonchev–Trinajstić information content (AvgIpc) is 3.50. The van der Waals surface area contributed by atoms with Gasteiger partial charge >= 0.3 is 0 Å². The van der Waals surface area contributed by atoms with Crippen LogP contribution in [0.5, 0.6) is 0 Å². The van der Waals surface area contributed by atoms with Crippen molar-refractivity contribution in [3.63, 3.8) is 0 Å². The first-order valence-electron chi connectivity index (χ1n) is 11.6. The molecule has 34 heavy (non-hydrogen) atoms. The standard InChI is InChI=1S/C25H28BrN3O3S2/c1-16-12-18(13-23-24(30)28(25(33)34-23)15-20-4-3-9-32-20)17(2)29(16)19-5-6-22(21(26)14-19)27-7-10-31-11-8-27/h5-6,12-14,20H,3-4,7-11,15H2,1-2H3/b23-13-/t20-/m1/s1. The van der Waals surface area contributed by atoms with Crippen LogP contribution in [0.4, 0.5) is 5.69 Å². The average molecular weight is 563 g/mol. The summed E-state index contributed by atoms with van der Waals surface area (Å²) < 4.78 is 15.1. The van der Waals surface area contributed by atoms with Crippen molar-refractivity contribution in [3.8, 4) is 5.69 Å². The van der Waals surface area contributed by atoms with Gasteiger partial charge in [-0.3, -0.25) is 9.69 Å². The van der Waals surface area contributed by atoms with Crippen LogP contribution < -0.4 is 4.90 Å². The molecule has 3 aliphatic rings. The van der Waals surface area contributed by atoms with Gasteiger partial charge in [0.15, 0.2) is 0 Å². The maximum absolute atomic E-state index is 13.1. The summed E-state index contributed by atoms with van der Waals surface area (Å²) in [5, 5.41) is 0. The highest BCUT2D eigenvalue weighted by Crippen LogP contribution is 2.36. The van der Waals surface area contributed by atoms with Crippen molar-refractivity contribution in [2.24, 2.45) is 0 Å². The Hall–Kier alpha value is -1.65. The highest BCUT2D eigenvalue weighted by molar-refractivity contribution is 9.10. The van der Waals surface area contributed by atoms with Gasteiger partial charge in [0.1, 0.15) is 4.32 Å². The van der Waals surface area contributed by atoms with Crippen LogP contribution in [0.15, 0.2) is 33.6 Å². The number of thiocarbonyl (C=S) groups is 1. The number of ether oxygens (including phenoxy) is 2. The molecule has 0 unspecified atom stereocenters. The van der Waals surface area contributed by atoms with E-state index in [0.29, 0.717) is 15.8 Å². The van der Waals surface area contributed by atoms with Crippen molar-refractivity contribution in [2.75, 3.05) is 44.4 Å². The molecule has 0 saturated carbocycles. The minimum absolute atomic E-state index is 0.0205. The second-order valence-corrected chi connectivity index (χ2v) is 11.4. The van der Waals surface area contributed by atoms with Crippen LogP contribution in [-0.4, -0.2) is 65.3 Å². The lowest BCUT2D eigenvalue weighted by molar-refractivity contribution is -0.123. The summed E-state index contributed by atoms with van der Waals surface area (Å²) in [6.45, 7) is 8.81. The molecular weight excluding hydrogens is 534 g/mol. The minimum atomic E-state index is -0.0205. The number of nitrogens with zero attached hydrogens (tertiary/aromatic N) is 3. The van der Waals surface area contributed by atoms with E-state index < -0.39 is 0 Å². The largest absolute Gasteiger partial charge is 0.378 e. The van der Waals surface area contributed by atoms with E-state index in [1.807, 2.05) is 6.08 Å². The van der Waals surface area contributed by atoms with E-state index in [0.717, 1.165) is 72.9 Å². The molecule has 4 heterocycles. The van der Waals surface area contributed by atoms with Crippen LogP contribution in [0.2, 0.25) is 0 Å². The van der Waals surface area contributed by atoms with Crippen molar-refractivity contribution in [2.45, 2.75) is 32.8 Å². The first-order valence-corrected chi connectivity index (χ1v) is 13.6. The summed E-state index contributed by atoms with van der Waals surface area (Å²) in [5.41, 5.74) is 5.51. The lowest BCUT2D eigenvalue weighted by atomic mass is 10.2. The predicted molar refractivity (Wildman–Crippen MR) is 145 cm³/mol. The van der Waals surface area contributed by atoms with Gasteiger partial charge in [-0.1, -0.05) is 24.0 Å². The molecule has 0 bridgehead atoms. The number of rotatable bonds is 5. The van der Waals surface area contributed by atoms with E-state index in [4.69, 9.17) is 21.7 Å². The van der Waals surface area contributed by atoms with Crippen LogP contribution in [0, 0.1) is 13.8 Å². The van der Waals surface area contributed by atoms with E-state index in [2.05, 4.69) is 63.5 Å². The fourth-order valence-corrected chi connectivity index (χ4v) is 6.70. The van der Waals surface area contributed by atoms with Gasteiger partial charge in [-0.05, 0) is 78.5 Å². The quantitative estimate of drug-likeness (QED) is 0.375. The molecule has 2 aromatic rings. The molecular formula is C25H28BrN3O3S2. The van der Waals surface area contributed by atoms with Crippen LogP contribution in [0.25, 0.3) is 11.8 Å². The van der Waals surface area contributed by atoms with Gasteiger partial charge in [0, 0.05) is 41.2 Å². The molecule has 1 aromatic heterocycles. The summed E-state index contributed by atoms with van der Waals surface area (Å²) in [4.78, 5) is 17.8. The Morgan fingerprint density at radius 2 is 2.00 bits per heavy atom. The molecule has 6 nitrogen and oxygen atoms in total. The van der Waals surface area contributed by atoms with Gasteiger partial charge < -0.3 is 18.9 Å². The number of morpholine rings is 1. The van der Waals surface area contributed by atoms with Gasteiger partial charge in [-0.15, -0.1) is 0 Å². The van der Waals surface area contributed by atoms with Crippen LogP contribution >= 0.6 is 39.9 Å². The number of carbonyl (C=O) groups is 1. The molecule has 5 rings (SSSR count). The van der Waals surface area contributed by atoms with Crippen LogP contribution in [0.3, 0.4) is 0 Å². The molecule has 3 aliphatic heterocycles. The molecule has 1 atom stereocenters. The van der Waals surface area contributed by atoms with E-state index in [9.17, 15) is 4.79 Å². The van der Waals surface area contributed by atoms with Crippen molar-refractivity contribution < 1.29 is 14.3 Å². The minimum Gasteiger partial charge on any atom is -0.378 e. The molecule has 3 saturated heterocycles. The monoisotopic (exact) mass is 561 g/mol. The number of carbonyl (C=O) groups excluding carboxylic acids is 1. The number of hydrogen-bond acceptors (Lipinski definition) is 6. The zero-order valence-electron chi connectivity index (χ0n) is 19.4. The number of aromatic nitrogens is 1. The Balaban J connectivity index is 1.39. The Morgan fingerprint density at radius 1 is 1.21 bits per heavy atom. The lowest BCUT2D eigenvalue weighted by Crippen LogP contribution is -2.36. The van der Waals surface area contributed by atoms with Gasteiger partial charge in [-0.2, -0.15) is 0 Å². The second-order valence-electron chi connectivity index (χ2n) is 8.82. The number of thioether (sulfide) groups is 1. The highest BCUT2D eigenvalue weighted by Gasteiger charge is 2.34. The smallest absolute Gasteiger partial charge is 0.266 e.